The van der Waals surface area contributed by atoms with E-state index in [0.29, 0.717) is 25.4 Å². The Morgan fingerprint density at radius 1 is 1.63 bits per heavy atom. The first-order valence-electron chi connectivity index (χ1n) is 6.09. The Bertz CT molecular complexity index is 457. The van der Waals surface area contributed by atoms with Crippen LogP contribution in [-0.2, 0) is 11.3 Å². The lowest BCUT2D eigenvalue weighted by Gasteiger charge is -2.41. The summed E-state index contributed by atoms with van der Waals surface area (Å²) < 4.78 is 10.7. The second-order valence-electron chi connectivity index (χ2n) is 5.34. The molecule has 2 N–H and O–H groups in total. The number of aliphatic hydroxyl groups excluding tert-OH is 1. The minimum absolute atomic E-state index is 0.0449. The van der Waals surface area contributed by atoms with Gasteiger partial charge in [0, 0.05) is 19.2 Å². The van der Waals surface area contributed by atoms with E-state index in [1.807, 2.05) is 13.8 Å². The van der Waals surface area contributed by atoms with Gasteiger partial charge in [0.15, 0.2) is 11.5 Å². The number of morpholine rings is 1. The normalized spacial score (nSPS) is 23.4. The van der Waals surface area contributed by atoms with Crippen LogP contribution in [0.2, 0.25) is 0 Å². The summed E-state index contributed by atoms with van der Waals surface area (Å²) in [5, 5.41) is 21.5. The predicted octanol–water partition coefficient (Wildman–Crippen LogP) is 0.345. The maximum Gasteiger partial charge on any atom is 0.358 e. The third kappa shape index (κ3) is 3.52. The molecule has 1 saturated heterocycles. The second kappa shape index (κ2) is 5.28. The van der Waals surface area contributed by atoms with E-state index < -0.39 is 5.97 Å². The number of aromatic carboxylic acids is 1. The average Bonchev–Trinajstić information content (AvgIpc) is 2.75. The Labute approximate surface area is 110 Å². The molecule has 106 valence electrons. The number of ether oxygens (including phenoxy) is 1. The summed E-state index contributed by atoms with van der Waals surface area (Å²) in [6.45, 7) is 5.55. The molecule has 19 heavy (non-hydrogen) atoms. The van der Waals surface area contributed by atoms with Crippen LogP contribution in [0, 0.1) is 0 Å². The van der Waals surface area contributed by atoms with E-state index >= 15 is 0 Å². The number of carboxylic acid groups (broad SMARTS) is 1. The van der Waals surface area contributed by atoms with Gasteiger partial charge in [-0.3, -0.25) is 4.90 Å². The Kier molecular flexibility index (Phi) is 3.88. The molecule has 2 rings (SSSR count). The van der Waals surface area contributed by atoms with Gasteiger partial charge < -0.3 is 19.5 Å². The SMILES string of the molecule is CC1(C)CN(Cc2cc(C(=O)O)no2)CC(CO)O1. The highest BCUT2D eigenvalue weighted by atomic mass is 16.5. The van der Waals surface area contributed by atoms with Gasteiger partial charge in [0.1, 0.15) is 0 Å². The molecule has 1 fully saturated rings. The molecule has 1 aliphatic heterocycles. The van der Waals surface area contributed by atoms with Crippen molar-refractivity contribution in [1.82, 2.24) is 10.1 Å². The van der Waals surface area contributed by atoms with E-state index in [0.717, 1.165) is 0 Å². The van der Waals surface area contributed by atoms with Gasteiger partial charge in [-0.25, -0.2) is 4.79 Å². The van der Waals surface area contributed by atoms with Gasteiger partial charge in [0.05, 0.1) is 24.9 Å². The quantitative estimate of drug-likeness (QED) is 0.814. The van der Waals surface area contributed by atoms with E-state index in [9.17, 15) is 9.90 Å². The number of aromatic nitrogens is 1. The van der Waals surface area contributed by atoms with Crippen LogP contribution in [0.5, 0.6) is 0 Å². The fraction of sp³-hybridized carbons (Fsp3) is 0.667. The lowest BCUT2D eigenvalue weighted by molar-refractivity contribution is -0.151. The zero-order valence-corrected chi connectivity index (χ0v) is 11.0. The lowest BCUT2D eigenvalue weighted by atomic mass is 10.1. The van der Waals surface area contributed by atoms with Crippen molar-refractivity contribution >= 4 is 5.97 Å². The molecule has 2 heterocycles. The van der Waals surface area contributed by atoms with E-state index in [1.54, 1.807) is 0 Å². The summed E-state index contributed by atoms with van der Waals surface area (Å²) in [6, 6.07) is 1.42. The van der Waals surface area contributed by atoms with Crippen LogP contribution in [0.15, 0.2) is 10.6 Å². The zero-order chi connectivity index (χ0) is 14.0. The van der Waals surface area contributed by atoms with E-state index in [2.05, 4.69) is 10.1 Å². The monoisotopic (exact) mass is 270 g/mol. The van der Waals surface area contributed by atoms with Crippen LogP contribution in [0.25, 0.3) is 0 Å². The molecule has 1 unspecified atom stereocenters. The first-order chi connectivity index (χ1) is 8.89. The fourth-order valence-corrected chi connectivity index (χ4v) is 2.34. The first-order valence-corrected chi connectivity index (χ1v) is 6.09. The van der Waals surface area contributed by atoms with Gasteiger partial charge in [-0.2, -0.15) is 0 Å². The highest BCUT2D eigenvalue weighted by Gasteiger charge is 2.33. The Morgan fingerprint density at radius 2 is 2.37 bits per heavy atom. The molecular formula is C12H18N2O5. The molecule has 1 aromatic heterocycles. The average molecular weight is 270 g/mol. The van der Waals surface area contributed by atoms with Crippen molar-refractivity contribution in [3.05, 3.63) is 17.5 Å². The third-order valence-corrected chi connectivity index (χ3v) is 2.91. The molecule has 0 spiro atoms. The molecular weight excluding hydrogens is 252 g/mol. The number of carbonyl (C=O) groups is 1. The maximum absolute atomic E-state index is 10.7. The number of hydrogen-bond acceptors (Lipinski definition) is 6. The Hall–Kier alpha value is -1.44. The summed E-state index contributed by atoms with van der Waals surface area (Å²) in [4.78, 5) is 12.8. The molecule has 0 bridgehead atoms. The van der Waals surface area contributed by atoms with Crippen LogP contribution in [0.4, 0.5) is 0 Å². The first kappa shape index (κ1) is 14.0. The smallest absolute Gasteiger partial charge is 0.358 e. The number of carboxylic acids is 1. The molecule has 1 aliphatic rings. The number of rotatable bonds is 4. The van der Waals surface area contributed by atoms with Gasteiger partial charge in [-0.15, -0.1) is 0 Å². The molecule has 7 heteroatoms. The summed E-state index contributed by atoms with van der Waals surface area (Å²) in [6.07, 6.45) is -0.245. The van der Waals surface area contributed by atoms with Crippen molar-refractivity contribution in [1.29, 1.82) is 0 Å². The molecule has 0 radical (unpaired) electrons. The van der Waals surface area contributed by atoms with Crippen LogP contribution in [0.3, 0.4) is 0 Å². The number of nitrogens with zero attached hydrogens (tertiary/aromatic N) is 2. The van der Waals surface area contributed by atoms with Crippen molar-refractivity contribution in [2.24, 2.45) is 0 Å². The molecule has 1 atom stereocenters. The van der Waals surface area contributed by atoms with E-state index in [-0.39, 0.29) is 24.0 Å². The molecule has 1 aromatic rings. The van der Waals surface area contributed by atoms with E-state index in [1.165, 1.54) is 6.07 Å². The minimum atomic E-state index is -1.11. The van der Waals surface area contributed by atoms with Gasteiger partial charge >= 0.3 is 5.97 Å². The lowest BCUT2D eigenvalue weighted by Crippen LogP contribution is -2.53. The summed E-state index contributed by atoms with van der Waals surface area (Å²) in [7, 11) is 0. The van der Waals surface area contributed by atoms with Gasteiger partial charge in [0.2, 0.25) is 0 Å². The van der Waals surface area contributed by atoms with Gasteiger partial charge in [-0.05, 0) is 13.8 Å². The third-order valence-electron chi connectivity index (χ3n) is 2.91. The minimum Gasteiger partial charge on any atom is -0.476 e. The van der Waals surface area contributed by atoms with Gasteiger partial charge in [0.25, 0.3) is 0 Å². The second-order valence-corrected chi connectivity index (χ2v) is 5.34. The van der Waals surface area contributed by atoms with Crippen molar-refractivity contribution in [3.63, 3.8) is 0 Å². The van der Waals surface area contributed by atoms with E-state index in [4.69, 9.17) is 14.4 Å². The molecule has 0 amide bonds. The maximum atomic E-state index is 10.7. The largest absolute Gasteiger partial charge is 0.476 e. The topological polar surface area (TPSA) is 96.0 Å². The standard InChI is InChI=1S/C12H18N2O5/c1-12(2)7-14(5-9(6-15)18-12)4-8-3-10(11(16)17)13-19-8/h3,9,15H,4-7H2,1-2H3,(H,16,17). The Balaban J connectivity index is 2.02. The summed E-state index contributed by atoms with van der Waals surface area (Å²) >= 11 is 0. The van der Waals surface area contributed by atoms with Crippen molar-refractivity contribution in [2.75, 3.05) is 19.7 Å². The van der Waals surface area contributed by atoms with Gasteiger partial charge in [-0.1, -0.05) is 5.16 Å². The van der Waals surface area contributed by atoms with Crippen molar-refractivity contribution < 1.29 is 24.3 Å². The zero-order valence-electron chi connectivity index (χ0n) is 11.0. The molecule has 0 aromatic carbocycles. The Morgan fingerprint density at radius 3 is 2.95 bits per heavy atom. The van der Waals surface area contributed by atoms with Crippen molar-refractivity contribution in [3.8, 4) is 0 Å². The van der Waals surface area contributed by atoms with Crippen LogP contribution in [-0.4, -0.2) is 57.6 Å². The number of aliphatic hydroxyl groups is 1. The molecule has 0 saturated carbocycles. The van der Waals surface area contributed by atoms with Crippen LogP contribution in [0.1, 0.15) is 30.1 Å². The molecule has 0 aliphatic carbocycles. The fourth-order valence-electron chi connectivity index (χ4n) is 2.34. The highest BCUT2D eigenvalue weighted by molar-refractivity contribution is 5.85. The van der Waals surface area contributed by atoms with Crippen LogP contribution < -0.4 is 0 Å². The van der Waals surface area contributed by atoms with Crippen LogP contribution >= 0.6 is 0 Å². The molecule has 7 nitrogen and oxygen atoms in total. The summed E-state index contributed by atoms with van der Waals surface area (Å²) in [5.74, 6) is -0.614. The summed E-state index contributed by atoms with van der Waals surface area (Å²) in [5.41, 5.74) is -0.456. The number of hydrogen-bond donors (Lipinski definition) is 2. The van der Waals surface area contributed by atoms with Crippen molar-refractivity contribution in [2.45, 2.75) is 32.1 Å². The highest BCUT2D eigenvalue weighted by Crippen LogP contribution is 2.22. The predicted molar refractivity (Wildman–Crippen MR) is 64.8 cm³/mol.